The first-order valence-electron chi connectivity index (χ1n) is 11.4. The number of para-hydroxylation sites is 1. The van der Waals surface area contributed by atoms with E-state index in [0.717, 1.165) is 15.8 Å². The quantitative estimate of drug-likeness (QED) is 0.304. The van der Waals surface area contributed by atoms with E-state index in [2.05, 4.69) is 10.3 Å². The van der Waals surface area contributed by atoms with E-state index in [1.165, 1.54) is 0 Å². The minimum Gasteiger partial charge on any atom is -0.497 e. The molecule has 0 bridgehead atoms. The number of fused-ring (bicyclic) bond motifs is 1. The van der Waals surface area contributed by atoms with Crippen LogP contribution in [0, 0.1) is 6.92 Å². The first kappa shape index (κ1) is 23.2. The van der Waals surface area contributed by atoms with Crippen LogP contribution < -0.4 is 14.8 Å². The maximum atomic E-state index is 14.0. The zero-order valence-electron chi connectivity index (χ0n) is 20.1. The number of benzene rings is 3. The van der Waals surface area contributed by atoms with E-state index in [4.69, 9.17) is 9.47 Å². The second-order valence-corrected chi connectivity index (χ2v) is 8.62. The van der Waals surface area contributed by atoms with Gasteiger partial charge in [-0.05, 0) is 48.4 Å². The molecule has 8 nitrogen and oxygen atoms in total. The summed E-state index contributed by atoms with van der Waals surface area (Å²) in [6.07, 6.45) is 0. The molecule has 2 N–H and O–H groups in total. The van der Waals surface area contributed by atoms with Crippen molar-refractivity contribution < 1.29 is 23.9 Å². The van der Waals surface area contributed by atoms with Gasteiger partial charge in [-0.15, -0.1) is 0 Å². The number of nitrogens with zero attached hydrogens (tertiary/aromatic N) is 1. The average Bonchev–Trinajstić information content (AvgIpc) is 3.37. The van der Waals surface area contributed by atoms with Crippen LogP contribution in [0.3, 0.4) is 0 Å². The second-order valence-electron chi connectivity index (χ2n) is 8.62. The SMILES string of the molecule is COc1ccc(C2(c3ccc(OC)cc3)NC(=O)N(CC(=O)c3c(C)[nH]c4ccccc34)C2=O)cc1. The molecule has 36 heavy (non-hydrogen) atoms. The first-order chi connectivity index (χ1) is 17.4. The fraction of sp³-hybridized carbons (Fsp3) is 0.179. The van der Waals surface area contributed by atoms with Crippen LogP contribution in [0.2, 0.25) is 0 Å². The number of aromatic amines is 1. The van der Waals surface area contributed by atoms with Crippen molar-refractivity contribution in [3.63, 3.8) is 0 Å². The van der Waals surface area contributed by atoms with E-state index in [0.29, 0.717) is 33.9 Å². The Balaban J connectivity index is 1.56. The van der Waals surface area contributed by atoms with Gasteiger partial charge in [-0.1, -0.05) is 42.5 Å². The van der Waals surface area contributed by atoms with Gasteiger partial charge in [-0.3, -0.25) is 14.5 Å². The van der Waals surface area contributed by atoms with Gasteiger partial charge in [-0.2, -0.15) is 0 Å². The number of aromatic nitrogens is 1. The van der Waals surface area contributed by atoms with Gasteiger partial charge in [0.25, 0.3) is 5.91 Å². The molecule has 0 radical (unpaired) electrons. The van der Waals surface area contributed by atoms with E-state index in [9.17, 15) is 14.4 Å². The van der Waals surface area contributed by atoms with Gasteiger partial charge >= 0.3 is 6.03 Å². The predicted octanol–water partition coefficient (Wildman–Crippen LogP) is 4.17. The predicted molar refractivity (Wildman–Crippen MR) is 134 cm³/mol. The Morgan fingerprint density at radius 2 is 1.42 bits per heavy atom. The average molecular weight is 484 g/mol. The molecule has 5 rings (SSSR count). The summed E-state index contributed by atoms with van der Waals surface area (Å²) in [5, 5.41) is 3.63. The van der Waals surface area contributed by atoms with Crippen molar-refractivity contribution in [2.75, 3.05) is 20.8 Å². The van der Waals surface area contributed by atoms with Crippen LogP contribution in [0.1, 0.15) is 27.2 Å². The number of carbonyl (C=O) groups is 3. The molecule has 2 heterocycles. The van der Waals surface area contributed by atoms with Gasteiger partial charge in [0.05, 0.1) is 20.8 Å². The Morgan fingerprint density at radius 1 is 0.861 bits per heavy atom. The fourth-order valence-corrected chi connectivity index (χ4v) is 4.82. The van der Waals surface area contributed by atoms with Crippen molar-refractivity contribution in [3.05, 3.63) is 95.2 Å². The third kappa shape index (κ3) is 3.58. The molecule has 0 saturated carbocycles. The molecule has 1 saturated heterocycles. The smallest absolute Gasteiger partial charge is 0.325 e. The number of rotatable bonds is 7. The molecule has 182 valence electrons. The fourth-order valence-electron chi connectivity index (χ4n) is 4.82. The van der Waals surface area contributed by atoms with Crippen molar-refractivity contribution in [2.24, 2.45) is 0 Å². The van der Waals surface area contributed by atoms with E-state index in [-0.39, 0.29) is 12.3 Å². The molecule has 1 aromatic heterocycles. The Labute approximate surface area is 207 Å². The van der Waals surface area contributed by atoms with Gasteiger partial charge in [0.1, 0.15) is 11.5 Å². The maximum Gasteiger partial charge on any atom is 0.325 e. The highest BCUT2D eigenvalue weighted by atomic mass is 16.5. The lowest BCUT2D eigenvalue weighted by Crippen LogP contribution is -2.45. The van der Waals surface area contributed by atoms with Gasteiger partial charge < -0.3 is 19.8 Å². The molecule has 0 atom stereocenters. The number of urea groups is 1. The van der Waals surface area contributed by atoms with Crippen LogP contribution in [0.4, 0.5) is 4.79 Å². The zero-order valence-corrected chi connectivity index (χ0v) is 20.1. The number of carbonyl (C=O) groups excluding carboxylic acids is 3. The second kappa shape index (κ2) is 8.88. The summed E-state index contributed by atoms with van der Waals surface area (Å²) >= 11 is 0. The van der Waals surface area contributed by atoms with E-state index in [1.807, 2.05) is 24.3 Å². The number of aryl methyl sites for hydroxylation is 1. The molecule has 1 aliphatic rings. The first-order valence-corrected chi connectivity index (χ1v) is 11.4. The number of ketones is 1. The van der Waals surface area contributed by atoms with Gasteiger partial charge in [0, 0.05) is 22.2 Å². The molecule has 8 heteroatoms. The summed E-state index contributed by atoms with van der Waals surface area (Å²) in [6, 6.07) is 20.6. The number of hydrogen-bond donors (Lipinski definition) is 2. The number of hydrogen-bond acceptors (Lipinski definition) is 5. The van der Waals surface area contributed by atoms with E-state index < -0.39 is 17.5 Å². The lowest BCUT2D eigenvalue weighted by Gasteiger charge is -2.28. The van der Waals surface area contributed by atoms with Crippen LogP contribution >= 0.6 is 0 Å². The van der Waals surface area contributed by atoms with E-state index in [1.54, 1.807) is 69.7 Å². The molecule has 0 aliphatic carbocycles. The number of methoxy groups -OCH3 is 2. The lowest BCUT2D eigenvalue weighted by molar-refractivity contribution is -0.129. The normalized spacial score (nSPS) is 14.7. The largest absolute Gasteiger partial charge is 0.497 e. The van der Waals surface area contributed by atoms with Crippen molar-refractivity contribution in [2.45, 2.75) is 12.5 Å². The third-order valence-electron chi connectivity index (χ3n) is 6.63. The number of imide groups is 1. The molecule has 0 spiro atoms. The highest BCUT2D eigenvalue weighted by Gasteiger charge is 2.54. The highest BCUT2D eigenvalue weighted by Crippen LogP contribution is 2.38. The molecule has 0 unspecified atom stereocenters. The molecular weight excluding hydrogens is 458 g/mol. The summed E-state index contributed by atoms with van der Waals surface area (Å²) in [7, 11) is 3.10. The minimum atomic E-state index is -1.51. The summed E-state index contributed by atoms with van der Waals surface area (Å²) in [5.41, 5.74) is 1.56. The number of H-pyrrole nitrogens is 1. The summed E-state index contributed by atoms with van der Waals surface area (Å²) in [6.45, 7) is 1.42. The molecular formula is C28H25N3O5. The monoisotopic (exact) mass is 483 g/mol. The Hall–Kier alpha value is -4.59. The standard InChI is InChI=1S/C28H25N3O5/c1-17-25(22-6-4-5-7-23(22)29-17)24(32)16-31-26(33)28(30-27(31)34,18-8-12-20(35-2)13-9-18)19-10-14-21(36-3)15-11-19/h4-15,29H,16H2,1-3H3,(H,30,34). The van der Waals surface area contributed by atoms with Crippen LogP contribution in [0.15, 0.2) is 72.8 Å². The van der Waals surface area contributed by atoms with Crippen LogP contribution in [-0.4, -0.2) is 48.4 Å². The Morgan fingerprint density at radius 3 is 1.97 bits per heavy atom. The number of Topliss-reactive ketones (excluding diaryl/α,β-unsaturated/α-hetero) is 1. The third-order valence-corrected chi connectivity index (χ3v) is 6.63. The Kier molecular flexibility index (Phi) is 5.72. The number of ether oxygens (including phenoxy) is 2. The summed E-state index contributed by atoms with van der Waals surface area (Å²) in [5.74, 6) is 0.367. The molecule has 4 aromatic rings. The lowest BCUT2D eigenvalue weighted by atomic mass is 9.82. The minimum absolute atomic E-state index is 0.325. The van der Waals surface area contributed by atoms with Gasteiger partial charge in [0.2, 0.25) is 0 Å². The van der Waals surface area contributed by atoms with Crippen molar-refractivity contribution >= 4 is 28.6 Å². The summed E-state index contributed by atoms with van der Waals surface area (Å²) in [4.78, 5) is 44.8. The van der Waals surface area contributed by atoms with E-state index >= 15 is 0 Å². The van der Waals surface area contributed by atoms with Crippen molar-refractivity contribution in [1.82, 2.24) is 15.2 Å². The molecule has 3 amide bonds. The van der Waals surface area contributed by atoms with Crippen LogP contribution in [-0.2, 0) is 10.3 Å². The number of amides is 3. The highest BCUT2D eigenvalue weighted by molar-refractivity contribution is 6.16. The number of nitrogens with one attached hydrogen (secondary N) is 2. The van der Waals surface area contributed by atoms with Gasteiger partial charge in [0.15, 0.2) is 11.3 Å². The molecule has 1 fully saturated rings. The van der Waals surface area contributed by atoms with Crippen LogP contribution in [0.25, 0.3) is 10.9 Å². The van der Waals surface area contributed by atoms with Crippen LogP contribution in [0.5, 0.6) is 11.5 Å². The Bertz CT molecular complexity index is 1420. The molecule has 3 aromatic carbocycles. The topological polar surface area (TPSA) is 101 Å². The molecule has 1 aliphatic heterocycles. The maximum absolute atomic E-state index is 14.0. The zero-order chi connectivity index (χ0) is 25.4. The van der Waals surface area contributed by atoms with Crippen molar-refractivity contribution in [1.29, 1.82) is 0 Å². The summed E-state index contributed by atoms with van der Waals surface area (Å²) < 4.78 is 10.5. The van der Waals surface area contributed by atoms with Crippen molar-refractivity contribution in [3.8, 4) is 11.5 Å². The van der Waals surface area contributed by atoms with Gasteiger partial charge in [-0.25, -0.2) is 4.79 Å².